The summed E-state index contributed by atoms with van der Waals surface area (Å²) in [5, 5.41) is 11.8. The largest absolute Gasteiger partial charge is 0.377 e. The first-order valence-corrected chi connectivity index (χ1v) is 4.91. The van der Waals surface area contributed by atoms with Crippen LogP contribution in [-0.4, -0.2) is 11.8 Å². The Morgan fingerprint density at radius 3 is 2.43 bits per heavy atom. The quantitative estimate of drug-likeness (QED) is 0.708. The maximum Gasteiger partial charge on any atom is 0.113 e. The van der Waals surface area contributed by atoms with Gasteiger partial charge in [0.25, 0.3) is 0 Å². The molecule has 0 saturated heterocycles. The summed E-state index contributed by atoms with van der Waals surface area (Å²) in [6.45, 7) is 8.56. The van der Waals surface area contributed by atoms with Gasteiger partial charge in [-0.3, -0.25) is 0 Å². The second-order valence-electron chi connectivity index (χ2n) is 4.61. The van der Waals surface area contributed by atoms with Crippen LogP contribution >= 0.6 is 0 Å². The molecule has 0 atom stereocenters. The highest BCUT2D eigenvalue weighted by Crippen LogP contribution is 2.26. The van der Waals surface area contributed by atoms with Crippen LogP contribution in [0.1, 0.15) is 31.9 Å². The third-order valence-electron chi connectivity index (χ3n) is 2.37. The van der Waals surface area contributed by atoms with Gasteiger partial charge in [0.15, 0.2) is 0 Å². The van der Waals surface area contributed by atoms with Crippen LogP contribution in [0.25, 0.3) is 0 Å². The van der Waals surface area contributed by atoms with E-state index in [0.29, 0.717) is 0 Å². The minimum absolute atomic E-state index is 0.0194. The van der Waals surface area contributed by atoms with Crippen molar-refractivity contribution < 1.29 is 5.11 Å². The minimum Gasteiger partial charge on any atom is -0.377 e. The molecule has 2 nitrogen and oxygen atoms in total. The lowest BCUT2D eigenvalue weighted by Gasteiger charge is -2.20. The predicted octanol–water partition coefficient (Wildman–Crippen LogP) is 2.65. The van der Waals surface area contributed by atoms with Crippen molar-refractivity contribution in [2.24, 2.45) is 0 Å². The third kappa shape index (κ3) is 2.48. The zero-order valence-corrected chi connectivity index (χ0v) is 9.39. The first-order valence-electron chi connectivity index (χ1n) is 4.91. The standard InChI is InChI=1S/C12H19NO/c1-9-5-6-10(12(2,3)4)7-11(9)13-8-14/h5-7,13-14H,8H2,1-4H3. The van der Waals surface area contributed by atoms with Gasteiger partial charge < -0.3 is 10.4 Å². The smallest absolute Gasteiger partial charge is 0.113 e. The molecular weight excluding hydrogens is 174 g/mol. The number of aliphatic hydroxyl groups is 1. The van der Waals surface area contributed by atoms with Crippen molar-refractivity contribution >= 4 is 5.69 Å². The van der Waals surface area contributed by atoms with E-state index in [-0.39, 0.29) is 12.1 Å². The van der Waals surface area contributed by atoms with Gasteiger partial charge in [0, 0.05) is 5.69 Å². The van der Waals surface area contributed by atoms with E-state index < -0.39 is 0 Å². The van der Waals surface area contributed by atoms with E-state index >= 15 is 0 Å². The van der Waals surface area contributed by atoms with Gasteiger partial charge in [0.2, 0.25) is 0 Å². The lowest BCUT2D eigenvalue weighted by Crippen LogP contribution is -2.12. The Bertz CT molecular complexity index is 313. The lowest BCUT2D eigenvalue weighted by atomic mass is 9.86. The number of benzene rings is 1. The van der Waals surface area contributed by atoms with Crippen molar-refractivity contribution in [2.45, 2.75) is 33.1 Å². The number of hydrogen-bond acceptors (Lipinski definition) is 2. The SMILES string of the molecule is Cc1ccc(C(C)(C)C)cc1NCO. The molecule has 0 heterocycles. The number of rotatable bonds is 2. The summed E-state index contributed by atoms with van der Waals surface area (Å²) in [6.07, 6.45) is 0. The molecule has 0 spiro atoms. The molecule has 0 radical (unpaired) electrons. The number of hydrogen-bond donors (Lipinski definition) is 2. The van der Waals surface area contributed by atoms with E-state index in [9.17, 15) is 0 Å². The molecule has 14 heavy (non-hydrogen) atoms. The molecule has 0 fully saturated rings. The van der Waals surface area contributed by atoms with Gasteiger partial charge in [0.05, 0.1) is 0 Å². The predicted molar refractivity (Wildman–Crippen MR) is 60.6 cm³/mol. The van der Waals surface area contributed by atoms with Crippen molar-refractivity contribution in [1.82, 2.24) is 0 Å². The summed E-state index contributed by atoms with van der Waals surface area (Å²) in [6, 6.07) is 6.32. The van der Waals surface area contributed by atoms with Gasteiger partial charge in [-0.15, -0.1) is 0 Å². The van der Waals surface area contributed by atoms with Gasteiger partial charge in [-0.25, -0.2) is 0 Å². The van der Waals surface area contributed by atoms with Crippen LogP contribution in [-0.2, 0) is 5.41 Å². The summed E-state index contributed by atoms with van der Waals surface area (Å²) in [4.78, 5) is 0. The van der Waals surface area contributed by atoms with Crippen LogP contribution in [0.2, 0.25) is 0 Å². The zero-order valence-electron chi connectivity index (χ0n) is 9.39. The Hall–Kier alpha value is -1.02. The van der Waals surface area contributed by atoms with Crippen LogP contribution in [0.5, 0.6) is 0 Å². The molecule has 1 aromatic carbocycles. The third-order valence-corrected chi connectivity index (χ3v) is 2.37. The highest BCUT2D eigenvalue weighted by atomic mass is 16.3. The molecule has 0 saturated carbocycles. The molecule has 78 valence electrons. The Morgan fingerprint density at radius 2 is 1.93 bits per heavy atom. The highest BCUT2D eigenvalue weighted by Gasteiger charge is 2.14. The summed E-state index contributed by atoms with van der Waals surface area (Å²) in [5.74, 6) is 0. The Balaban J connectivity index is 3.06. The highest BCUT2D eigenvalue weighted by molar-refractivity contribution is 5.53. The molecule has 2 heteroatoms. The van der Waals surface area contributed by atoms with E-state index in [4.69, 9.17) is 5.11 Å². The van der Waals surface area contributed by atoms with Crippen LogP contribution in [0.15, 0.2) is 18.2 Å². The molecule has 0 aliphatic carbocycles. The molecule has 0 aromatic heterocycles. The van der Waals surface area contributed by atoms with Crippen LogP contribution < -0.4 is 5.32 Å². The first kappa shape index (κ1) is 11.1. The van der Waals surface area contributed by atoms with Gasteiger partial charge in [-0.05, 0) is 29.5 Å². The number of anilines is 1. The van der Waals surface area contributed by atoms with Crippen LogP contribution in [0.3, 0.4) is 0 Å². The van der Waals surface area contributed by atoms with Crippen molar-refractivity contribution in [3.05, 3.63) is 29.3 Å². The first-order chi connectivity index (χ1) is 6.45. The Kier molecular flexibility index (Phi) is 3.17. The number of aliphatic hydroxyl groups excluding tert-OH is 1. The van der Waals surface area contributed by atoms with E-state index in [1.54, 1.807) is 0 Å². The molecule has 0 bridgehead atoms. The van der Waals surface area contributed by atoms with E-state index in [1.165, 1.54) is 5.56 Å². The molecule has 1 aromatic rings. The fourth-order valence-corrected chi connectivity index (χ4v) is 1.36. The second kappa shape index (κ2) is 4.01. The minimum atomic E-state index is -0.0194. The molecular formula is C12H19NO. The monoisotopic (exact) mass is 193 g/mol. The van der Waals surface area contributed by atoms with Crippen molar-refractivity contribution in [3.63, 3.8) is 0 Å². The van der Waals surface area contributed by atoms with Crippen LogP contribution in [0, 0.1) is 6.92 Å². The van der Waals surface area contributed by atoms with E-state index in [0.717, 1.165) is 11.3 Å². The summed E-state index contributed by atoms with van der Waals surface area (Å²) < 4.78 is 0. The van der Waals surface area contributed by atoms with Gasteiger partial charge in [-0.2, -0.15) is 0 Å². The van der Waals surface area contributed by atoms with Gasteiger partial charge in [0.1, 0.15) is 6.73 Å². The topological polar surface area (TPSA) is 32.3 Å². The molecule has 2 N–H and O–H groups in total. The normalized spacial score (nSPS) is 11.5. The number of nitrogens with one attached hydrogen (secondary N) is 1. The average molecular weight is 193 g/mol. The van der Waals surface area contributed by atoms with Gasteiger partial charge in [-0.1, -0.05) is 32.9 Å². The molecule has 1 rings (SSSR count). The van der Waals surface area contributed by atoms with Crippen molar-refractivity contribution in [3.8, 4) is 0 Å². The zero-order chi connectivity index (χ0) is 10.8. The fourth-order valence-electron chi connectivity index (χ4n) is 1.36. The second-order valence-corrected chi connectivity index (χ2v) is 4.61. The van der Waals surface area contributed by atoms with Gasteiger partial charge >= 0.3 is 0 Å². The Morgan fingerprint density at radius 1 is 1.29 bits per heavy atom. The molecule has 0 unspecified atom stereocenters. The van der Waals surface area contributed by atoms with E-state index in [1.807, 2.05) is 6.92 Å². The Labute approximate surface area is 86.0 Å². The fraction of sp³-hybridized carbons (Fsp3) is 0.500. The van der Waals surface area contributed by atoms with Crippen molar-refractivity contribution in [1.29, 1.82) is 0 Å². The summed E-state index contributed by atoms with van der Waals surface area (Å²) in [5.41, 5.74) is 3.60. The molecule has 0 amide bonds. The maximum absolute atomic E-state index is 8.83. The maximum atomic E-state index is 8.83. The van der Waals surface area contributed by atoms with Crippen molar-refractivity contribution in [2.75, 3.05) is 12.0 Å². The summed E-state index contributed by atoms with van der Waals surface area (Å²) >= 11 is 0. The van der Waals surface area contributed by atoms with E-state index in [2.05, 4.69) is 44.3 Å². The van der Waals surface area contributed by atoms with Crippen LogP contribution in [0.4, 0.5) is 5.69 Å². The number of aryl methyl sites for hydroxylation is 1. The lowest BCUT2D eigenvalue weighted by molar-refractivity contribution is 0.325. The molecule has 0 aliphatic rings. The molecule has 0 aliphatic heterocycles. The average Bonchev–Trinajstić information content (AvgIpc) is 2.07. The summed E-state index contributed by atoms with van der Waals surface area (Å²) in [7, 11) is 0.